The van der Waals surface area contributed by atoms with Crippen LogP contribution in [0.1, 0.15) is 40.0 Å². The van der Waals surface area contributed by atoms with E-state index in [1.54, 1.807) is 6.92 Å². The summed E-state index contributed by atoms with van der Waals surface area (Å²) in [5.41, 5.74) is 0. The highest BCUT2D eigenvalue weighted by Crippen LogP contribution is 2.29. The Morgan fingerprint density at radius 3 is 2.68 bits per heavy atom. The third kappa shape index (κ3) is 5.85. The Labute approximate surface area is 120 Å². The van der Waals surface area contributed by atoms with Gasteiger partial charge in [0, 0.05) is 6.04 Å². The third-order valence-corrected chi connectivity index (χ3v) is 4.72. The van der Waals surface area contributed by atoms with Crippen LogP contribution >= 0.6 is 11.8 Å². The lowest BCUT2D eigenvalue weighted by Crippen LogP contribution is -2.44. The third-order valence-electron chi connectivity index (χ3n) is 3.81. The average Bonchev–Trinajstić information content (AvgIpc) is 2.35. The molecule has 1 aliphatic carbocycles. The molecule has 1 N–H and O–H groups in total. The summed E-state index contributed by atoms with van der Waals surface area (Å²) in [6, 6.07) is 0.291. The first-order valence-corrected chi connectivity index (χ1v) is 8.22. The van der Waals surface area contributed by atoms with Gasteiger partial charge in [0.1, 0.15) is 0 Å². The standard InChI is InChI=1S/C14H25NO3S/c1-4-18-14(17)9-19-8-13(16)15-12-7-5-6-10(2)11(12)3/h10-12H,4-9H2,1-3H3,(H,15,16)/t10-,11-,12-/m1/s1. The van der Waals surface area contributed by atoms with Crippen LogP contribution in [0.25, 0.3) is 0 Å². The number of ether oxygens (including phenoxy) is 1. The number of thioether (sulfide) groups is 1. The molecule has 0 aliphatic heterocycles. The first-order chi connectivity index (χ1) is 9.04. The number of carbonyl (C=O) groups excluding carboxylic acids is 2. The molecule has 110 valence electrons. The molecule has 0 saturated heterocycles. The van der Waals surface area contributed by atoms with Crippen LogP contribution in [0.15, 0.2) is 0 Å². The summed E-state index contributed by atoms with van der Waals surface area (Å²) in [6.45, 7) is 6.63. The van der Waals surface area contributed by atoms with Crippen molar-refractivity contribution in [2.75, 3.05) is 18.1 Å². The Morgan fingerprint density at radius 2 is 2.00 bits per heavy atom. The van der Waals surface area contributed by atoms with Gasteiger partial charge >= 0.3 is 5.97 Å². The number of carbonyl (C=O) groups is 2. The van der Waals surface area contributed by atoms with Crippen LogP contribution in [0.2, 0.25) is 0 Å². The minimum absolute atomic E-state index is 0.0280. The van der Waals surface area contributed by atoms with Gasteiger partial charge in [-0.05, 0) is 25.2 Å². The Hall–Kier alpha value is -0.710. The summed E-state index contributed by atoms with van der Waals surface area (Å²) in [5.74, 6) is 1.56. The van der Waals surface area contributed by atoms with Crippen molar-refractivity contribution < 1.29 is 14.3 Å². The molecule has 4 nitrogen and oxygen atoms in total. The molecule has 5 heteroatoms. The zero-order valence-corrected chi connectivity index (χ0v) is 12.9. The summed E-state index contributed by atoms with van der Waals surface area (Å²) in [7, 11) is 0. The first-order valence-electron chi connectivity index (χ1n) is 7.07. The fourth-order valence-electron chi connectivity index (χ4n) is 2.46. The monoisotopic (exact) mass is 287 g/mol. The van der Waals surface area contributed by atoms with Crippen molar-refractivity contribution in [3.05, 3.63) is 0 Å². The zero-order chi connectivity index (χ0) is 14.3. The van der Waals surface area contributed by atoms with Crippen molar-refractivity contribution in [1.82, 2.24) is 5.32 Å². The number of nitrogens with one attached hydrogen (secondary N) is 1. The van der Waals surface area contributed by atoms with Gasteiger partial charge in [0.25, 0.3) is 0 Å². The van der Waals surface area contributed by atoms with E-state index in [0.717, 1.165) is 6.42 Å². The van der Waals surface area contributed by atoms with Crippen molar-refractivity contribution in [2.24, 2.45) is 11.8 Å². The second kappa shape index (κ2) is 8.46. The molecule has 1 saturated carbocycles. The second-order valence-corrected chi connectivity index (χ2v) is 6.22. The van der Waals surface area contributed by atoms with E-state index in [1.165, 1.54) is 24.6 Å². The quantitative estimate of drug-likeness (QED) is 0.761. The Kier molecular flexibility index (Phi) is 7.28. The average molecular weight is 287 g/mol. The molecule has 0 bridgehead atoms. The summed E-state index contributed by atoms with van der Waals surface area (Å²) < 4.78 is 4.81. The highest BCUT2D eigenvalue weighted by Gasteiger charge is 2.27. The van der Waals surface area contributed by atoms with E-state index >= 15 is 0 Å². The van der Waals surface area contributed by atoms with Gasteiger partial charge in [-0.3, -0.25) is 9.59 Å². The van der Waals surface area contributed by atoms with Crippen molar-refractivity contribution >= 4 is 23.6 Å². The predicted octanol–water partition coefficient (Wildman–Crippen LogP) is 2.22. The van der Waals surface area contributed by atoms with Gasteiger partial charge in [-0.1, -0.05) is 26.7 Å². The Morgan fingerprint density at radius 1 is 1.26 bits per heavy atom. The number of esters is 1. The van der Waals surface area contributed by atoms with Gasteiger partial charge in [0.15, 0.2) is 0 Å². The number of amides is 1. The lowest BCUT2D eigenvalue weighted by Gasteiger charge is -2.34. The summed E-state index contributed by atoms with van der Waals surface area (Å²) in [4.78, 5) is 23.0. The molecule has 19 heavy (non-hydrogen) atoms. The van der Waals surface area contributed by atoms with E-state index in [4.69, 9.17) is 4.74 Å². The molecule has 1 rings (SSSR count). The van der Waals surface area contributed by atoms with E-state index < -0.39 is 0 Å². The van der Waals surface area contributed by atoms with E-state index in [-0.39, 0.29) is 17.6 Å². The smallest absolute Gasteiger partial charge is 0.315 e. The molecule has 1 fully saturated rings. The number of hydrogen-bond donors (Lipinski definition) is 1. The van der Waals surface area contributed by atoms with Crippen LogP contribution in [0.3, 0.4) is 0 Å². The molecule has 0 aromatic heterocycles. The Bertz CT molecular complexity index is 309. The van der Waals surface area contributed by atoms with Crippen molar-refractivity contribution in [3.63, 3.8) is 0 Å². The predicted molar refractivity (Wildman–Crippen MR) is 78.1 cm³/mol. The van der Waals surface area contributed by atoms with Gasteiger partial charge in [-0.2, -0.15) is 0 Å². The van der Waals surface area contributed by atoms with E-state index in [9.17, 15) is 9.59 Å². The normalized spacial score (nSPS) is 26.8. The minimum Gasteiger partial charge on any atom is -0.465 e. The van der Waals surface area contributed by atoms with Gasteiger partial charge in [0.2, 0.25) is 5.91 Å². The highest BCUT2D eigenvalue weighted by atomic mass is 32.2. The molecular weight excluding hydrogens is 262 g/mol. The van der Waals surface area contributed by atoms with Gasteiger partial charge < -0.3 is 10.1 Å². The molecule has 0 aromatic rings. The zero-order valence-electron chi connectivity index (χ0n) is 12.1. The molecule has 1 aliphatic rings. The fourth-order valence-corrected chi connectivity index (χ4v) is 3.08. The van der Waals surface area contributed by atoms with Crippen LogP contribution in [-0.2, 0) is 14.3 Å². The molecule has 0 unspecified atom stereocenters. The van der Waals surface area contributed by atoms with Crippen LogP contribution in [0.5, 0.6) is 0 Å². The van der Waals surface area contributed by atoms with Crippen LogP contribution in [-0.4, -0.2) is 36.0 Å². The topological polar surface area (TPSA) is 55.4 Å². The summed E-state index contributed by atoms with van der Waals surface area (Å²) in [5, 5.41) is 3.09. The van der Waals surface area contributed by atoms with Crippen molar-refractivity contribution in [2.45, 2.75) is 46.1 Å². The summed E-state index contributed by atoms with van der Waals surface area (Å²) in [6.07, 6.45) is 3.51. The molecular formula is C14H25NO3S. The SMILES string of the molecule is CCOC(=O)CSCC(=O)N[C@@H]1CCC[C@@H](C)[C@H]1C. The second-order valence-electron chi connectivity index (χ2n) is 5.24. The summed E-state index contributed by atoms with van der Waals surface area (Å²) >= 11 is 1.31. The van der Waals surface area contributed by atoms with Crippen LogP contribution in [0, 0.1) is 11.8 Å². The van der Waals surface area contributed by atoms with E-state index in [1.807, 2.05) is 0 Å². The van der Waals surface area contributed by atoms with Gasteiger partial charge in [0.05, 0.1) is 18.1 Å². The largest absolute Gasteiger partial charge is 0.465 e. The van der Waals surface area contributed by atoms with Crippen molar-refractivity contribution in [3.8, 4) is 0 Å². The lowest BCUT2D eigenvalue weighted by atomic mass is 9.78. The van der Waals surface area contributed by atoms with Crippen LogP contribution in [0.4, 0.5) is 0 Å². The Balaban J connectivity index is 2.21. The maximum absolute atomic E-state index is 11.8. The molecule has 0 aromatic carbocycles. The highest BCUT2D eigenvalue weighted by molar-refractivity contribution is 8.00. The van der Waals surface area contributed by atoms with E-state index in [0.29, 0.717) is 30.2 Å². The van der Waals surface area contributed by atoms with E-state index in [2.05, 4.69) is 19.2 Å². The van der Waals surface area contributed by atoms with Crippen LogP contribution < -0.4 is 5.32 Å². The lowest BCUT2D eigenvalue weighted by molar-refractivity contribution is -0.139. The fraction of sp³-hybridized carbons (Fsp3) is 0.857. The maximum atomic E-state index is 11.8. The molecule has 3 atom stereocenters. The minimum atomic E-state index is -0.250. The molecule has 0 radical (unpaired) electrons. The molecule has 0 spiro atoms. The first kappa shape index (κ1) is 16.3. The van der Waals surface area contributed by atoms with Gasteiger partial charge in [-0.15, -0.1) is 11.8 Å². The maximum Gasteiger partial charge on any atom is 0.315 e. The number of rotatable bonds is 6. The molecule has 0 heterocycles. The van der Waals surface area contributed by atoms with Crippen molar-refractivity contribution in [1.29, 1.82) is 0 Å². The number of hydrogen-bond acceptors (Lipinski definition) is 4. The molecule has 1 amide bonds. The van der Waals surface area contributed by atoms with Gasteiger partial charge in [-0.25, -0.2) is 0 Å².